The van der Waals surface area contributed by atoms with Crippen molar-refractivity contribution < 1.29 is 42.1 Å². The molecule has 0 aromatic carbocycles. The fraction of sp³-hybridized carbons (Fsp3) is 0.761. The maximum atomic E-state index is 12.8. The van der Waals surface area contributed by atoms with Gasteiger partial charge in [-0.25, -0.2) is 4.57 Å². The smallest absolute Gasteiger partial charge is 0.462 e. The maximum absolute atomic E-state index is 12.8. The van der Waals surface area contributed by atoms with Crippen molar-refractivity contribution in [2.24, 2.45) is 0 Å². The number of unbranched alkanes of at least 4 members (excludes halogenated alkanes) is 30. The van der Waals surface area contributed by atoms with Crippen molar-refractivity contribution in [3.05, 3.63) is 85.1 Å². The molecule has 0 aromatic rings. The van der Waals surface area contributed by atoms with Crippen LogP contribution in [0.1, 0.15) is 277 Å². The molecule has 0 bridgehead atoms. The summed E-state index contributed by atoms with van der Waals surface area (Å²) in [4.78, 5) is 35.7. The third-order valence-corrected chi connectivity index (χ3v) is 14.6. The van der Waals surface area contributed by atoms with E-state index in [1.54, 1.807) is 0 Å². The molecule has 0 heterocycles. The Balaban J connectivity index is 4.05. The van der Waals surface area contributed by atoms with Crippen LogP contribution >= 0.6 is 7.82 Å². The summed E-state index contributed by atoms with van der Waals surface area (Å²) in [5.74, 6) is -0.796. The van der Waals surface area contributed by atoms with Gasteiger partial charge in [0.2, 0.25) is 0 Å². The van der Waals surface area contributed by atoms with Crippen molar-refractivity contribution in [2.75, 3.05) is 47.5 Å². The molecule has 0 amide bonds. The Morgan fingerprint density at radius 1 is 0.416 bits per heavy atom. The number of quaternary nitrogens is 1. The van der Waals surface area contributed by atoms with Gasteiger partial charge in [-0.05, 0) is 89.9 Å². The van der Waals surface area contributed by atoms with E-state index in [1.807, 2.05) is 21.1 Å². The monoisotopic (exact) mass is 1100 g/mol. The van der Waals surface area contributed by atoms with E-state index < -0.39 is 26.5 Å². The summed E-state index contributed by atoms with van der Waals surface area (Å²) in [5, 5.41) is 0. The minimum atomic E-state index is -4.39. The van der Waals surface area contributed by atoms with Crippen LogP contribution in [-0.2, 0) is 32.7 Å². The van der Waals surface area contributed by atoms with Crippen molar-refractivity contribution in [3.63, 3.8) is 0 Å². The molecule has 2 atom stereocenters. The predicted molar refractivity (Wildman–Crippen MR) is 330 cm³/mol. The summed E-state index contributed by atoms with van der Waals surface area (Å²) in [5.41, 5.74) is 0. The fourth-order valence-corrected chi connectivity index (χ4v) is 9.52. The number of hydrogen-bond donors (Lipinski definition) is 1. The second-order valence-electron chi connectivity index (χ2n) is 22.4. The lowest BCUT2D eigenvalue weighted by molar-refractivity contribution is -0.870. The predicted octanol–water partition coefficient (Wildman–Crippen LogP) is 20.2. The number of esters is 2. The molecule has 1 N–H and O–H groups in total. The average Bonchev–Trinajstić information content (AvgIpc) is 3.39. The van der Waals surface area contributed by atoms with Crippen molar-refractivity contribution in [2.45, 2.75) is 283 Å². The van der Waals surface area contributed by atoms with Crippen molar-refractivity contribution in [1.82, 2.24) is 0 Å². The molecule has 9 nitrogen and oxygen atoms in total. The van der Waals surface area contributed by atoms with Crippen LogP contribution in [0.5, 0.6) is 0 Å². The summed E-state index contributed by atoms with van der Waals surface area (Å²) in [6.45, 7) is 4.34. The average molecular weight is 1100 g/mol. The first-order valence-corrected chi connectivity index (χ1v) is 33.3. The fourth-order valence-electron chi connectivity index (χ4n) is 8.78. The van der Waals surface area contributed by atoms with E-state index in [-0.39, 0.29) is 32.0 Å². The topological polar surface area (TPSA) is 108 Å². The quantitative estimate of drug-likeness (QED) is 0.0211. The molecule has 0 aliphatic rings. The zero-order valence-electron chi connectivity index (χ0n) is 50.7. The van der Waals surface area contributed by atoms with E-state index in [0.29, 0.717) is 17.4 Å². The number of phosphoric ester groups is 1. The number of nitrogens with zero attached hydrogens (tertiary/aromatic N) is 1. The number of carbonyl (C=O) groups excluding carboxylic acids is 2. The second-order valence-corrected chi connectivity index (χ2v) is 23.9. The first kappa shape index (κ1) is 74.2. The van der Waals surface area contributed by atoms with Gasteiger partial charge in [0.15, 0.2) is 6.10 Å². The first-order chi connectivity index (χ1) is 37.5. The van der Waals surface area contributed by atoms with Crippen molar-refractivity contribution >= 4 is 19.8 Å². The van der Waals surface area contributed by atoms with E-state index in [1.165, 1.54) is 173 Å². The minimum absolute atomic E-state index is 0.0297. The van der Waals surface area contributed by atoms with Crippen molar-refractivity contribution in [1.29, 1.82) is 0 Å². The Kier molecular flexibility index (Phi) is 55.8. The zero-order valence-corrected chi connectivity index (χ0v) is 51.6. The summed E-state index contributed by atoms with van der Waals surface area (Å²) < 4.78 is 34.6. The molecule has 0 rings (SSSR count). The molecule has 0 saturated carbocycles. The van der Waals surface area contributed by atoms with Gasteiger partial charge < -0.3 is 18.9 Å². The molecule has 0 aromatic heterocycles. The van der Waals surface area contributed by atoms with Gasteiger partial charge >= 0.3 is 19.8 Å². The van der Waals surface area contributed by atoms with Crippen LogP contribution in [0.4, 0.5) is 0 Å². The highest BCUT2D eigenvalue weighted by molar-refractivity contribution is 7.47. The number of rotatable bonds is 58. The number of allylic oxidation sites excluding steroid dienone is 14. The molecule has 0 radical (unpaired) electrons. The Labute approximate surface area is 475 Å². The van der Waals surface area contributed by atoms with Gasteiger partial charge in [-0.15, -0.1) is 0 Å². The number of phosphoric acid groups is 1. The van der Waals surface area contributed by atoms with Crippen LogP contribution in [0.15, 0.2) is 85.1 Å². The van der Waals surface area contributed by atoms with E-state index in [4.69, 9.17) is 18.5 Å². The van der Waals surface area contributed by atoms with Crippen LogP contribution in [0.2, 0.25) is 0 Å². The molecule has 0 fully saturated rings. The van der Waals surface area contributed by atoms with E-state index in [2.05, 4.69) is 98.9 Å². The molecule has 0 aliphatic heterocycles. The molecule has 446 valence electrons. The summed E-state index contributed by atoms with van der Waals surface area (Å²) in [6, 6.07) is 0. The van der Waals surface area contributed by atoms with E-state index in [0.717, 1.165) is 70.6 Å². The molecular weight excluding hydrogens is 978 g/mol. The Morgan fingerprint density at radius 2 is 0.740 bits per heavy atom. The van der Waals surface area contributed by atoms with Gasteiger partial charge in [0.05, 0.1) is 27.7 Å². The number of hydrogen-bond acceptors (Lipinski definition) is 7. The number of carbonyl (C=O) groups is 2. The zero-order chi connectivity index (χ0) is 56.3. The Hall–Kier alpha value is -2.81. The van der Waals surface area contributed by atoms with E-state index >= 15 is 0 Å². The van der Waals surface area contributed by atoms with Crippen LogP contribution in [0.25, 0.3) is 0 Å². The third-order valence-electron chi connectivity index (χ3n) is 13.7. The lowest BCUT2D eigenvalue weighted by atomic mass is 10.0. The van der Waals surface area contributed by atoms with Crippen LogP contribution in [0.3, 0.4) is 0 Å². The third kappa shape index (κ3) is 62.3. The second kappa shape index (κ2) is 57.9. The number of ether oxygens (including phenoxy) is 2. The lowest BCUT2D eigenvalue weighted by Gasteiger charge is -2.24. The van der Waals surface area contributed by atoms with Crippen LogP contribution in [-0.4, -0.2) is 74.9 Å². The van der Waals surface area contributed by atoms with Gasteiger partial charge in [0.1, 0.15) is 19.8 Å². The highest BCUT2D eigenvalue weighted by Crippen LogP contribution is 2.43. The van der Waals surface area contributed by atoms with Crippen LogP contribution in [0, 0.1) is 0 Å². The van der Waals surface area contributed by atoms with Gasteiger partial charge in [-0.1, -0.05) is 259 Å². The highest BCUT2D eigenvalue weighted by Gasteiger charge is 2.27. The van der Waals surface area contributed by atoms with Gasteiger partial charge in [-0.3, -0.25) is 18.6 Å². The Bertz CT molecular complexity index is 1580. The van der Waals surface area contributed by atoms with Gasteiger partial charge in [-0.2, -0.15) is 0 Å². The molecule has 0 aliphatic carbocycles. The maximum Gasteiger partial charge on any atom is 0.472 e. The van der Waals surface area contributed by atoms with E-state index in [9.17, 15) is 19.0 Å². The minimum Gasteiger partial charge on any atom is -0.462 e. The van der Waals surface area contributed by atoms with Gasteiger partial charge in [0.25, 0.3) is 0 Å². The number of likely N-dealkylation sites (N-methyl/N-ethyl adjacent to an activating group) is 1. The standard InChI is InChI=1S/C67H120NO8P/c1-6-8-10-12-14-16-18-20-22-24-26-27-28-29-30-31-32-33-34-35-36-37-38-39-40-41-42-44-46-48-50-52-54-56-58-60-67(70)76-65(64-75-77(71,72)74-62-61-68(3,4)5)63-73-66(69)59-57-55-53-51-49-47-45-43-25-23-21-19-17-15-13-11-9-7-2/h8,10,14,16,20,22-23,25-27,29-30,32-33,65H,6-7,9,11-13,15,17-19,21,24,28,31,34-64H2,1-5H3/p+1/b10-8-,16-14-,22-20-,25-23-,27-26-,30-29-,33-32-. The first-order valence-electron chi connectivity index (χ1n) is 31.8. The van der Waals surface area contributed by atoms with Gasteiger partial charge in [0, 0.05) is 12.8 Å². The lowest BCUT2D eigenvalue weighted by Crippen LogP contribution is -2.37. The molecule has 2 unspecified atom stereocenters. The molecule has 0 spiro atoms. The molecular formula is C67H121NO8P+. The normalized spacial score (nSPS) is 13.8. The molecule has 77 heavy (non-hydrogen) atoms. The molecule has 10 heteroatoms. The Morgan fingerprint density at radius 3 is 1.12 bits per heavy atom. The SMILES string of the molecule is CC/C=C\C/C=C\C/C=C\C/C=C\C/C=C\C/C=C\CCCCCCCCCCCCCCCCCCC(=O)OC(COC(=O)CCCCCCCCC/C=C\CCCCCCCCC)COP(=O)(O)OCC[N+](C)(C)C. The summed E-state index contributed by atoms with van der Waals surface area (Å²) in [7, 11) is 1.48. The van der Waals surface area contributed by atoms with Crippen molar-refractivity contribution in [3.8, 4) is 0 Å². The largest absolute Gasteiger partial charge is 0.472 e. The summed E-state index contributed by atoms with van der Waals surface area (Å²) in [6.07, 6.45) is 78.1. The molecule has 0 saturated heterocycles. The highest BCUT2D eigenvalue weighted by atomic mass is 31.2. The summed E-state index contributed by atoms with van der Waals surface area (Å²) >= 11 is 0. The van der Waals surface area contributed by atoms with Crippen LogP contribution < -0.4 is 0 Å².